The van der Waals surface area contributed by atoms with Crippen molar-refractivity contribution in [2.24, 2.45) is 0 Å². The fourth-order valence-corrected chi connectivity index (χ4v) is 3.99. The van der Waals surface area contributed by atoms with Gasteiger partial charge in [-0.3, -0.25) is 9.78 Å². The van der Waals surface area contributed by atoms with Crippen LogP contribution in [0.3, 0.4) is 0 Å². The Morgan fingerprint density at radius 2 is 1.90 bits per heavy atom. The largest absolute Gasteiger partial charge is 0.355 e. The summed E-state index contributed by atoms with van der Waals surface area (Å²) >= 11 is 0. The summed E-state index contributed by atoms with van der Waals surface area (Å²) in [5.74, 6) is 1.47. The molecule has 8 nitrogen and oxygen atoms in total. The van der Waals surface area contributed by atoms with Crippen molar-refractivity contribution >= 4 is 11.7 Å². The molecule has 2 fully saturated rings. The van der Waals surface area contributed by atoms with Crippen LogP contribution in [0, 0.1) is 0 Å². The number of amides is 1. The van der Waals surface area contributed by atoms with Gasteiger partial charge in [-0.25, -0.2) is 9.97 Å². The molecular formula is C21H22N6O2. The summed E-state index contributed by atoms with van der Waals surface area (Å²) in [6.45, 7) is 1.40. The molecule has 2 aliphatic rings. The van der Waals surface area contributed by atoms with E-state index in [2.05, 4.69) is 25.0 Å². The molecule has 148 valence electrons. The molecule has 0 N–H and O–H groups in total. The van der Waals surface area contributed by atoms with Gasteiger partial charge >= 0.3 is 0 Å². The lowest BCUT2D eigenvalue weighted by Gasteiger charge is -2.39. The quantitative estimate of drug-likeness (QED) is 0.662. The van der Waals surface area contributed by atoms with Crippen LogP contribution in [-0.2, 0) is 0 Å². The van der Waals surface area contributed by atoms with E-state index in [1.54, 1.807) is 31.0 Å². The van der Waals surface area contributed by atoms with Gasteiger partial charge in [0.1, 0.15) is 12.1 Å². The number of hydrogen-bond donors (Lipinski definition) is 0. The van der Waals surface area contributed by atoms with Gasteiger partial charge in [0.15, 0.2) is 11.5 Å². The third kappa shape index (κ3) is 3.70. The summed E-state index contributed by atoms with van der Waals surface area (Å²) < 4.78 is 5.36. The molecule has 0 spiro atoms. The Morgan fingerprint density at radius 1 is 1.07 bits per heavy atom. The summed E-state index contributed by atoms with van der Waals surface area (Å²) in [7, 11) is 0. The molecular weight excluding hydrogens is 368 g/mol. The standard InChI is InChI=1S/C21H22N6O2/c28-21(18-12-19(29-25-18)15-2-1-8-22-13-15)26-10-6-17(7-11-26)27(16-3-4-16)20-5-9-23-14-24-20/h1-2,5,8-9,12-14,16-17H,3-4,6-7,10-11H2. The normalized spacial score (nSPS) is 17.3. The van der Waals surface area contributed by atoms with Crippen molar-refractivity contribution in [1.29, 1.82) is 0 Å². The Morgan fingerprint density at radius 3 is 2.59 bits per heavy atom. The van der Waals surface area contributed by atoms with E-state index >= 15 is 0 Å². The summed E-state index contributed by atoms with van der Waals surface area (Å²) in [5, 5.41) is 3.99. The minimum absolute atomic E-state index is 0.0812. The number of rotatable bonds is 5. The number of aromatic nitrogens is 4. The predicted octanol–water partition coefficient (Wildman–Crippen LogP) is 2.80. The highest BCUT2D eigenvalue weighted by Gasteiger charge is 2.37. The van der Waals surface area contributed by atoms with E-state index in [4.69, 9.17) is 4.52 Å². The Bertz CT molecular complexity index is 965. The van der Waals surface area contributed by atoms with Gasteiger partial charge in [0.2, 0.25) is 0 Å². The molecule has 0 atom stereocenters. The number of piperidine rings is 1. The second-order valence-electron chi connectivity index (χ2n) is 7.55. The lowest BCUT2D eigenvalue weighted by Crippen LogP contribution is -2.48. The molecule has 1 saturated heterocycles. The minimum Gasteiger partial charge on any atom is -0.355 e. The van der Waals surface area contributed by atoms with Crippen molar-refractivity contribution in [2.75, 3.05) is 18.0 Å². The Balaban J connectivity index is 1.25. The second-order valence-corrected chi connectivity index (χ2v) is 7.55. The molecule has 0 radical (unpaired) electrons. The Hall–Kier alpha value is -3.29. The molecule has 1 aliphatic heterocycles. The van der Waals surface area contributed by atoms with E-state index in [1.807, 2.05) is 23.1 Å². The van der Waals surface area contributed by atoms with Crippen LogP contribution in [0.2, 0.25) is 0 Å². The number of anilines is 1. The second kappa shape index (κ2) is 7.62. The molecule has 1 aliphatic carbocycles. The van der Waals surface area contributed by atoms with Crippen LogP contribution >= 0.6 is 0 Å². The number of nitrogens with zero attached hydrogens (tertiary/aromatic N) is 6. The van der Waals surface area contributed by atoms with E-state index in [0.29, 0.717) is 36.6 Å². The number of carbonyl (C=O) groups excluding carboxylic acids is 1. The molecule has 3 aromatic rings. The van der Waals surface area contributed by atoms with E-state index in [1.165, 1.54) is 12.8 Å². The van der Waals surface area contributed by atoms with Crippen molar-refractivity contribution in [2.45, 2.75) is 37.8 Å². The van der Waals surface area contributed by atoms with Gasteiger partial charge in [-0.1, -0.05) is 5.16 Å². The first kappa shape index (κ1) is 17.8. The van der Waals surface area contributed by atoms with Crippen LogP contribution in [0.5, 0.6) is 0 Å². The third-order valence-electron chi connectivity index (χ3n) is 5.59. The van der Waals surface area contributed by atoms with Gasteiger partial charge in [0.25, 0.3) is 5.91 Å². The zero-order valence-electron chi connectivity index (χ0n) is 16.0. The van der Waals surface area contributed by atoms with Crippen molar-refractivity contribution in [3.8, 4) is 11.3 Å². The molecule has 0 aromatic carbocycles. The minimum atomic E-state index is -0.0812. The van der Waals surface area contributed by atoms with Gasteiger partial charge in [-0.05, 0) is 43.9 Å². The van der Waals surface area contributed by atoms with Crippen LogP contribution < -0.4 is 4.90 Å². The average Bonchev–Trinajstić information content (AvgIpc) is 3.49. The van der Waals surface area contributed by atoms with Gasteiger partial charge < -0.3 is 14.3 Å². The smallest absolute Gasteiger partial charge is 0.276 e. The Kier molecular flexibility index (Phi) is 4.67. The highest BCUT2D eigenvalue weighted by molar-refractivity contribution is 5.93. The molecule has 4 heterocycles. The summed E-state index contributed by atoms with van der Waals surface area (Å²) in [5.41, 5.74) is 1.15. The molecule has 3 aromatic heterocycles. The highest BCUT2D eigenvalue weighted by Crippen LogP contribution is 2.35. The van der Waals surface area contributed by atoms with Crippen LogP contribution in [-0.4, -0.2) is 56.1 Å². The van der Waals surface area contributed by atoms with Crippen LogP contribution in [0.1, 0.15) is 36.2 Å². The van der Waals surface area contributed by atoms with Crippen molar-refractivity contribution in [3.63, 3.8) is 0 Å². The number of pyridine rings is 1. The summed E-state index contributed by atoms with van der Waals surface area (Å²) in [6, 6.07) is 8.34. The molecule has 29 heavy (non-hydrogen) atoms. The first-order chi connectivity index (χ1) is 14.3. The van der Waals surface area contributed by atoms with Gasteiger partial charge in [-0.2, -0.15) is 0 Å². The van der Waals surface area contributed by atoms with Crippen LogP contribution in [0.25, 0.3) is 11.3 Å². The average molecular weight is 390 g/mol. The number of hydrogen-bond acceptors (Lipinski definition) is 7. The molecule has 1 amide bonds. The van der Waals surface area contributed by atoms with E-state index in [-0.39, 0.29) is 5.91 Å². The Labute approximate surface area is 168 Å². The first-order valence-electron chi connectivity index (χ1n) is 10.0. The van der Waals surface area contributed by atoms with Crippen molar-refractivity contribution in [1.82, 2.24) is 25.0 Å². The van der Waals surface area contributed by atoms with Crippen molar-refractivity contribution < 1.29 is 9.32 Å². The molecule has 5 rings (SSSR count). The molecule has 0 unspecified atom stereocenters. The predicted molar refractivity (Wildman–Crippen MR) is 106 cm³/mol. The zero-order valence-corrected chi connectivity index (χ0v) is 16.0. The zero-order chi connectivity index (χ0) is 19.6. The topological polar surface area (TPSA) is 88.3 Å². The van der Waals surface area contributed by atoms with Gasteiger partial charge in [0.05, 0.1) is 0 Å². The summed E-state index contributed by atoms with van der Waals surface area (Å²) in [4.78, 5) is 29.8. The highest BCUT2D eigenvalue weighted by atomic mass is 16.5. The van der Waals surface area contributed by atoms with E-state index in [9.17, 15) is 4.79 Å². The lowest BCUT2D eigenvalue weighted by molar-refractivity contribution is 0.0701. The fourth-order valence-electron chi connectivity index (χ4n) is 3.99. The summed E-state index contributed by atoms with van der Waals surface area (Å²) in [6.07, 6.45) is 11.0. The van der Waals surface area contributed by atoms with Gasteiger partial charge in [-0.15, -0.1) is 0 Å². The first-order valence-corrected chi connectivity index (χ1v) is 10.0. The van der Waals surface area contributed by atoms with Crippen LogP contribution in [0.4, 0.5) is 5.82 Å². The van der Waals surface area contributed by atoms with Crippen molar-refractivity contribution in [3.05, 3.63) is 54.9 Å². The molecule has 8 heteroatoms. The SMILES string of the molecule is O=C(c1cc(-c2cccnc2)on1)N1CCC(N(c2ccncn2)C2CC2)CC1. The molecule has 0 bridgehead atoms. The molecule has 1 saturated carbocycles. The fraction of sp³-hybridized carbons (Fsp3) is 0.381. The van der Waals surface area contributed by atoms with Crippen LogP contribution in [0.15, 0.2) is 53.7 Å². The number of likely N-dealkylation sites (tertiary alicyclic amines) is 1. The van der Waals surface area contributed by atoms with E-state index < -0.39 is 0 Å². The maximum atomic E-state index is 12.9. The monoisotopic (exact) mass is 390 g/mol. The number of carbonyl (C=O) groups is 1. The third-order valence-corrected chi connectivity index (χ3v) is 5.59. The maximum absolute atomic E-state index is 12.9. The van der Waals surface area contributed by atoms with E-state index in [0.717, 1.165) is 24.2 Å². The lowest BCUT2D eigenvalue weighted by atomic mass is 10.0. The van der Waals surface area contributed by atoms with Gasteiger partial charge in [0, 0.05) is 55.4 Å². The maximum Gasteiger partial charge on any atom is 0.276 e.